The molecule has 0 bridgehead atoms. The maximum absolute atomic E-state index is 12.3. The van der Waals surface area contributed by atoms with Crippen molar-refractivity contribution in [2.24, 2.45) is 0 Å². The summed E-state index contributed by atoms with van der Waals surface area (Å²) < 4.78 is 0. The summed E-state index contributed by atoms with van der Waals surface area (Å²) in [6.45, 7) is 4.62. The molecular weight excluding hydrogens is 318 g/mol. The number of carbonyl (C=O) groups is 1. The first-order valence-electron chi connectivity index (χ1n) is 7.14. The van der Waals surface area contributed by atoms with E-state index in [0.717, 1.165) is 10.6 Å². The molecule has 0 fully saturated rings. The van der Waals surface area contributed by atoms with Gasteiger partial charge in [-0.1, -0.05) is 36.7 Å². The Morgan fingerprint density at radius 1 is 1.41 bits per heavy atom. The Balaban J connectivity index is 1.92. The summed E-state index contributed by atoms with van der Waals surface area (Å²) in [5, 5.41) is 6.62. The van der Waals surface area contributed by atoms with E-state index in [9.17, 15) is 4.79 Å². The van der Waals surface area contributed by atoms with Gasteiger partial charge in [0, 0.05) is 36.1 Å². The van der Waals surface area contributed by atoms with Crippen molar-refractivity contribution < 1.29 is 4.79 Å². The summed E-state index contributed by atoms with van der Waals surface area (Å²) in [7, 11) is 1.79. The molecule has 1 N–H and O–H groups in total. The van der Waals surface area contributed by atoms with Gasteiger partial charge in [0.15, 0.2) is 0 Å². The molecule has 0 aliphatic carbocycles. The average Bonchev–Trinajstić information content (AvgIpc) is 3.01. The van der Waals surface area contributed by atoms with Crippen molar-refractivity contribution >= 4 is 29.0 Å². The molecule has 1 heterocycles. The number of halogens is 1. The van der Waals surface area contributed by atoms with E-state index in [1.165, 1.54) is 0 Å². The Kier molecular flexibility index (Phi) is 5.80. The second-order valence-electron chi connectivity index (χ2n) is 5.34. The second kappa shape index (κ2) is 7.61. The summed E-state index contributed by atoms with van der Waals surface area (Å²) in [5.41, 5.74) is 0.916. The van der Waals surface area contributed by atoms with Gasteiger partial charge in [-0.2, -0.15) is 0 Å². The van der Waals surface area contributed by atoms with E-state index in [1.807, 2.05) is 36.6 Å². The average molecular weight is 338 g/mol. The third-order valence-electron chi connectivity index (χ3n) is 3.48. The van der Waals surface area contributed by atoms with Crippen LogP contribution in [0.25, 0.3) is 0 Å². The molecular formula is C16H20ClN3OS. The Morgan fingerprint density at radius 3 is 2.77 bits per heavy atom. The van der Waals surface area contributed by atoms with Gasteiger partial charge in [0.05, 0.1) is 11.0 Å². The van der Waals surface area contributed by atoms with E-state index in [-0.39, 0.29) is 18.0 Å². The zero-order valence-electron chi connectivity index (χ0n) is 12.9. The van der Waals surface area contributed by atoms with Crippen molar-refractivity contribution in [2.75, 3.05) is 13.6 Å². The van der Waals surface area contributed by atoms with Crippen molar-refractivity contribution in [2.45, 2.75) is 25.8 Å². The number of amides is 2. The van der Waals surface area contributed by atoms with E-state index < -0.39 is 0 Å². The Morgan fingerprint density at radius 2 is 2.14 bits per heavy atom. The van der Waals surface area contributed by atoms with Crippen LogP contribution in [-0.2, 0) is 0 Å². The van der Waals surface area contributed by atoms with Gasteiger partial charge < -0.3 is 10.2 Å². The van der Waals surface area contributed by atoms with Gasteiger partial charge in [-0.15, -0.1) is 11.3 Å². The van der Waals surface area contributed by atoms with Gasteiger partial charge >= 0.3 is 6.03 Å². The maximum atomic E-state index is 12.3. The van der Waals surface area contributed by atoms with Crippen LogP contribution in [0.15, 0.2) is 35.8 Å². The molecule has 0 aliphatic rings. The van der Waals surface area contributed by atoms with Crippen LogP contribution in [0.4, 0.5) is 4.79 Å². The highest BCUT2D eigenvalue weighted by atomic mass is 35.5. The highest BCUT2D eigenvalue weighted by Gasteiger charge is 2.18. The zero-order valence-corrected chi connectivity index (χ0v) is 14.5. The van der Waals surface area contributed by atoms with Crippen LogP contribution in [0.1, 0.15) is 36.4 Å². The molecule has 6 heteroatoms. The lowest BCUT2D eigenvalue weighted by Gasteiger charge is -2.24. The molecule has 0 saturated carbocycles. The molecule has 2 atom stereocenters. The normalized spacial score (nSPS) is 13.5. The predicted molar refractivity (Wildman–Crippen MR) is 91.6 cm³/mol. The molecule has 0 radical (unpaired) electrons. The van der Waals surface area contributed by atoms with Crippen molar-refractivity contribution in [3.63, 3.8) is 0 Å². The third-order valence-corrected chi connectivity index (χ3v) is 4.83. The fourth-order valence-corrected chi connectivity index (χ4v) is 3.24. The number of urea groups is 1. The third kappa shape index (κ3) is 4.21. The standard InChI is InChI=1S/C16H20ClN3OS/c1-11(15-18-8-9-22-15)10-20(3)16(21)19-12(2)13-6-4-5-7-14(13)17/h4-9,11-12H,10H2,1-3H3,(H,19,21)/t11-,12-/m1/s1. The maximum Gasteiger partial charge on any atom is 0.317 e. The Hall–Kier alpha value is -1.59. The van der Waals surface area contributed by atoms with Crippen LogP contribution in [0.2, 0.25) is 5.02 Å². The number of nitrogens with one attached hydrogen (secondary N) is 1. The van der Waals surface area contributed by atoms with Gasteiger partial charge in [-0.25, -0.2) is 9.78 Å². The Bertz CT molecular complexity index is 618. The molecule has 4 nitrogen and oxygen atoms in total. The lowest BCUT2D eigenvalue weighted by Crippen LogP contribution is -2.40. The number of hydrogen-bond donors (Lipinski definition) is 1. The molecule has 0 spiro atoms. The van der Waals surface area contributed by atoms with Gasteiger partial charge in [-0.05, 0) is 18.6 Å². The number of carbonyl (C=O) groups excluding carboxylic acids is 1. The first-order valence-corrected chi connectivity index (χ1v) is 8.40. The van der Waals surface area contributed by atoms with Crippen molar-refractivity contribution in [1.82, 2.24) is 15.2 Å². The highest BCUT2D eigenvalue weighted by Crippen LogP contribution is 2.23. The number of aromatic nitrogens is 1. The lowest BCUT2D eigenvalue weighted by molar-refractivity contribution is 0.203. The van der Waals surface area contributed by atoms with E-state index in [2.05, 4.69) is 17.2 Å². The molecule has 0 saturated heterocycles. The zero-order chi connectivity index (χ0) is 16.1. The molecule has 22 heavy (non-hydrogen) atoms. The number of thiazole rings is 1. The minimum atomic E-state index is -0.140. The quantitative estimate of drug-likeness (QED) is 0.884. The van der Waals surface area contributed by atoms with Crippen molar-refractivity contribution in [3.8, 4) is 0 Å². The molecule has 1 aromatic carbocycles. The molecule has 0 unspecified atom stereocenters. The van der Waals surface area contributed by atoms with Crippen LogP contribution in [0, 0.1) is 0 Å². The molecule has 2 aromatic rings. The first-order chi connectivity index (χ1) is 10.5. The van der Waals surface area contributed by atoms with Crippen LogP contribution in [-0.4, -0.2) is 29.5 Å². The van der Waals surface area contributed by atoms with E-state index in [0.29, 0.717) is 11.6 Å². The SMILES string of the molecule is C[C@H](CN(C)C(=O)N[C@H](C)c1ccccc1Cl)c1nccs1. The van der Waals surface area contributed by atoms with Gasteiger partial charge in [0.1, 0.15) is 0 Å². The van der Waals surface area contributed by atoms with Gasteiger partial charge in [-0.3, -0.25) is 0 Å². The molecule has 118 valence electrons. The number of hydrogen-bond acceptors (Lipinski definition) is 3. The molecule has 2 rings (SSSR count). The fraction of sp³-hybridized carbons (Fsp3) is 0.375. The van der Waals surface area contributed by atoms with Crippen molar-refractivity contribution in [3.05, 3.63) is 51.4 Å². The minimum Gasteiger partial charge on any atom is -0.331 e. The van der Waals surface area contributed by atoms with Crippen LogP contribution >= 0.6 is 22.9 Å². The van der Waals surface area contributed by atoms with E-state index in [4.69, 9.17) is 11.6 Å². The Labute approximate surface area is 140 Å². The minimum absolute atomic E-state index is 0.115. The summed E-state index contributed by atoms with van der Waals surface area (Å²) in [5.74, 6) is 0.214. The van der Waals surface area contributed by atoms with Crippen LogP contribution < -0.4 is 5.32 Å². The number of likely N-dealkylation sites (N-methyl/N-ethyl adjacent to an activating group) is 1. The summed E-state index contributed by atoms with van der Waals surface area (Å²) in [6, 6.07) is 7.29. The van der Waals surface area contributed by atoms with E-state index in [1.54, 1.807) is 29.5 Å². The summed E-state index contributed by atoms with van der Waals surface area (Å²) in [4.78, 5) is 18.3. The molecule has 0 aliphatic heterocycles. The number of benzene rings is 1. The topological polar surface area (TPSA) is 45.2 Å². The second-order valence-corrected chi connectivity index (χ2v) is 6.68. The van der Waals surface area contributed by atoms with Crippen molar-refractivity contribution in [1.29, 1.82) is 0 Å². The highest BCUT2D eigenvalue weighted by molar-refractivity contribution is 7.09. The van der Waals surface area contributed by atoms with Gasteiger partial charge in [0.25, 0.3) is 0 Å². The summed E-state index contributed by atoms with van der Waals surface area (Å²) in [6.07, 6.45) is 1.79. The predicted octanol–water partition coefficient (Wildman–Crippen LogP) is 4.30. The number of rotatable bonds is 5. The van der Waals surface area contributed by atoms with E-state index >= 15 is 0 Å². The number of nitrogens with zero attached hydrogens (tertiary/aromatic N) is 2. The molecule has 2 amide bonds. The monoisotopic (exact) mass is 337 g/mol. The van der Waals surface area contributed by atoms with Gasteiger partial charge in [0.2, 0.25) is 0 Å². The van der Waals surface area contributed by atoms with Crippen LogP contribution in [0.3, 0.4) is 0 Å². The summed E-state index contributed by atoms with van der Waals surface area (Å²) >= 11 is 7.77. The lowest BCUT2D eigenvalue weighted by atomic mass is 10.1. The first kappa shape index (κ1) is 16.8. The fourth-order valence-electron chi connectivity index (χ4n) is 2.25. The smallest absolute Gasteiger partial charge is 0.317 e. The molecule has 1 aromatic heterocycles. The van der Waals surface area contributed by atoms with Crippen LogP contribution in [0.5, 0.6) is 0 Å². The largest absolute Gasteiger partial charge is 0.331 e.